The van der Waals surface area contributed by atoms with Crippen LogP contribution in [0.15, 0.2) is 227 Å². The molecule has 12 aromatic rings. The summed E-state index contributed by atoms with van der Waals surface area (Å²) in [5, 5.41) is 9.56. The first-order valence-corrected chi connectivity index (χ1v) is 51.4. The molecule has 6 heterocycles. The Morgan fingerprint density at radius 2 is 0.702 bits per heavy atom. The summed E-state index contributed by atoms with van der Waals surface area (Å²) in [7, 11) is -3.88. The first kappa shape index (κ1) is 101. The van der Waals surface area contributed by atoms with Crippen molar-refractivity contribution in [1.29, 1.82) is 0 Å². The summed E-state index contributed by atoms with van der Waals surface area (Å²) >= 11 is 0. The lowest BCUT2D eigenvalue weighted by Crippen LogP contribution is -2.47. The Morgan fingerprint density at radius 3 is 1.07 bits per heavy atom. The summed E-state index contributed by atoms with van der Waals surface area (Å²) in [6, 6.07) is 28.7. The number of rotatable bonds is 22. The number of ether oxygens (including phenoxy) is 4. The predicted octanol–water partition coefficient (Wildman–Crippen LogP) is 14.9. The number of carbonyl (C=O) groups excluding carboxylic acids is 1. The molecule has 27 nitrogen and oxygen atoms in total. The summed E-state index contributed by atoms with van der Waals surface area (Å²) in [6.07, 6.45) is 20.0. The molecule has 0 saturated carbocycles. The summed E-state index contributed by atoms with van der Waals surface area (Å²) in [4.78, 5) is 73.2. The molecule has 4 aromatic heterocycles. The molecule has 6 aliphatic rings. The van der Waals surface area contributed by atoms with Crippen LogP contribution in [0.25, 0.3) is 68.8 Å². The number of halogens is 8. The molecule has 4 aliphatic carbocycles. The van der Waals surface area contributed by atoms with Gasteiger partial charge in [0.1, 0.15) is 46.3 Å². The molecule has 18 rings (SSSR count). The minimum atomic E-state index is -3.64. The monoisotopic (exact) mass is 2010 g/mol. The van der Waals surface area contributed by atoms with E-state index in [0.29, 0.717) is 144 Å². The van der Waals surface area contributed by atoms with Gasteiger partial charge in [-0.25, -0.2) is 68.8 Å². The van der Waals surface area contributed by atoms with Crippen LogP contribution in [0.1, 0.15) is 51.4 Å². The van der Waals surface area contributed by atoms with E-state index in [9.17, 15) is 97.9 Å². The zero-order valence-electron chi connectivity index (χ0n) is 77.8. The van der Waals surface area contributed by atoms with Gasteiger partial charge in [0.15, 0.2) is 75.8 Å². The van der Waals surface area contributed by atoms with Crippen LogP contribution in [0.5, 0.6) is 46.0 Å². The Bertz CT molecular complexity index is 8010. The van der Waals surface area contributed by atoms with Gasteiger partial charge in [-0.05, 0) is 183 Å². The summed E-state index contributed by atoms with van der Waals surface area (Å²) in [5.41, 5.74) is 9.74. The van der Waals surface area contributed by atoms with Crippen LogP contribution < -0.4 is 45.9 Å². The van der Waals surface area contributed by atoms with Gasteiger partial charge in [0, 0.05) is 252 Å². The molecule has 0 atom stereocenters. The quantitative estimate of drug-likeness (QED) is 0.0595. The summed E-state index contributed by atoms with van der Waals surface area (Å²) < 4.78 is 240. The third kappa shape index (κ3) is 22.7. The largest absolute Gasteiger partial charge is 0.454 e. The van der Waals surface area contributed by atoms with E-state index in [1.54, 1.807) is 63.7 Å². The number of benzene rings is 8. The zero-order valence-corrected chi connectivity index (χ0v) is 81.0. The Hall–Kier alpha value is -13.9. The van der Waals surface area contributed by atoms with Crippen molar-refractivity contribution >= 4 is 75.4 Å². The highest BCUT2D eigenvalue weighted by Gasteiger charge is 2.34. The Balaban J connectivity index is 0.000000143. The summed E-state index contributed by atoms with van der Waals surface area (Å²) in [6.45, 7) is 8.50. The maximum atomic E-state index is 14.5. The number of hydrogen-bond acceptors (Lipinski definition) is 21. The van der Waals surface area contributed by atoms with Crippen LogP contribution >= 0.6 is 0 Å². The van der Waals surface area contributed by atoms with Gasteiger partial charge in [-0.15, -0.1) is 0 Å². The summed E-state index contributed by atoms with van der Waals surface area (Å²) in [5.74, 6) is -7.16. The van der Waals surface area contributed by atoms with Crippen molar-refractivity contribution in [2.45, 2.75) is 47.3 Å². The van der Waals surface area contributed by atoms with Crippen molar-refractivity contribution in [1.82, 2.24) is 37.9 Å². The Labute approximate surface area is 806 Å². The van der Waals surface area contributed by atoms with Crippen molar-refractivity contribution in [3.8, 4) is 90.5 Å². The van der Waals surface area contributed by atoms with E-state index in [2.05, 4.69) is 26.5 Å². The number of carbonyl (C=O) groups is 1. The van der Waals surface area contributed by atoms with Gasteiger partial charge >= 0.3 is 0 Å². The Morgan fingerprint density at radius 1 is 0.376 bits per heavy atom. The van der Waals surface area contributed by atoms with Crippen LogP contribution in [-0.4, -0.2) is 187 Å². The normalized spacial score (nSPS) is 14.6. The lowest BCUT2D eigenvalue weighted by molar-refractivity contribution is -0.128. The van der Waals surface area contributed by atoms with Gasteiger partial charge in [0.05, 0.1) is 27.0 Å². The van der Waals surface area contributed by atoms with Gasteiger partial charge in [-0.3, -0.25) is 33.6 Å². The molecule has 736 valence electrons. The topological polar surface area (TPSA) is 324 Å². The minimum absolute atomic E-state index is 0.00592. The lowest BCUT2D eigenvalue weighted by atomic mass is 9.98. The molecule has 0 radical (unpaired) electrons. The third-order valence-corrected chi connectivity index (χ3v) is 29.2. The second-order valence-electron chi connectivity index (χ2n) is 34.9. The van der Waals surface area contributed by atoms with Crippen LogP contribution in [-0.2, 0) is 98.2 Å². The molecule has 0 spiro atoms. The smallest absolute Gasteiger partial charge is 0.254 e. The number of sulfonamides is 1. The maximum Gasteiger partial charge on any atom is 0.254 e. The van der Waals surface area contributed by atoms with E-state index in [0.717, 1.165) is 113 Å². The van der Waals surface area contributed by atoms with Crippen molar-refractivity contribution in [3.63, 3.8) is 0 Å². The van der Waals surface area contributed by atoms with Gasteiger partial charge in [0.2, 0.25) is 15.9 Å². The van der Waals surface area contributed by atoms with Crippen molar-refractivity contribution < 1.29 is 97.6 Å². The number of pyridine rings is 4. The van der Waals surface area contributed by atoms with Gasteiger partial charge in [0.25, 0.3) is 22.2 Å². The number of nitrogens with one attached hydrogen (secondary N) is 1. The number of aromatic nitrogens is 4. The standard InChI is InChI=1S/C28H27F2N3O5S.C28H29F2N3O4S.C23H20F2N2O4S.C23H19F2NO5S/c1-31-8-10-33(11-9-31)27(34)17-12-20-22(13-17)28(35)32(2)16-23(20)21-15-19(39(3,36)37)5-7-25(21)38-26-6-4-18(29)14-24(26)30;1-31-8-10-33(11-9-31)16-18-12-21-23(13-18)28(34)32(2)17-24(21)22-15-20(38(3,35)36)5-7-26(22)37-27-6-4-19(29)14-25(27)30;1-3-32(29,30)26-15-8-10-21(31-22-9-7-14(24)11-20(22)25)18(12-15)19-13-27(2)23(28)17-6-4-5-16(17)19;1-26-11-19(16-7-13(12-27)8-18(16)23(26)28)17-10-15(32(2,29)30)4-6-21(17)31-22-5-3-14(24)9-20(22)25/h4-7,12,14-16H,8-11,13H2,1-3H3;4-7,12,14-15,17H,8-11,13,16H2,1-3H3;4-5,7-13,26H,3,6H2,1-2H3;3-7,9-11,27H,8,12H2,1-2H3. The molecule has 8 aromatic carbocycles. The van der Waals surface area contributed by atoms with Crippen molar-refractivity contribution in [3.05, 3.63) is 326 Å². The number of anilines is 1. The fourth-order valence-corrected chi connectivity index (χ4v) is 19.6. The van der Waals surface area contributed by atoms with Gasteiger partial charge < -0.3 is 57.0 Å². The molecule has 2 fully saturated rings. The van der Waals surface area contributed by atoms with Crippen LogP contribution in [0.2, 0.25) is 0 Å². The predicted molar refractivity (Wildman–Crippen MR) is 519 cm³/mol. The van der Waals surface area contributed by atoms with Crippen LogP contribution in [0, 0.1) is 46.5 Å². The van der Waals surface area contributed by atoms with E-state index in [-0.39, 0.29) is 120 Å². The van der Waals surface area contributed by atoms with Gasteiger partial charge in [-0.1, -0.05) is 29.9 Å². The number of amides is 1. The second kappa shape index (κ2) is 41.1. The van der Waals surface area contributed by atoms with Crippen LogP contribution in [0.4, 0.5) is 40.8 Å². The SMILES string of the molecule is CCS(=O)(=O)Nc1ccc(Oc2ccc(F)cc2F)c(-c2cn(C)c(=O)c3c2C=CC3)c1.CN1CCN(C(=O)C2=Cc3c(-c4cc(S(C)(=O)=O)ccc4Oc4ccc(F)cc4F)cn(C)c(=O)c3C2)CC1.CN1CCN(CC2=Cc3c(-c4cc(S(C)(=O)=O)ccc4Oc4ccc(F)cc4F)cn(C)c(=O)c3C2)CC1.Cn1cc(-c2cc(S(C)(=O)=O)ccc2Oc2ccc(F)cc2F)c2c(c1=O)CC(CO)=C2. The number of hydrogen-bond donors (Lipinski definition) is 2. The number of aryl methyl sites for hydroxylation is 4. The number of sulfone groups is 3. The maximum absolute atomic E-state index is 14.5. The highest BCUT2D eigenvalue weighted by Crippen LogP contribution is 2.47. The fourth-order valence-electron chi connectivity index (χ4n) is 17.0. The molecule has 1 amide bonds. The van der Waals surface area contributed by atoms with E-state index in [1.807, 2.05) is 25.3 Å². The minimum Gasteiger partial charge on any atom is -0.454 e. The van der Waals surface area contributed by atoms with Crippen molar-refractivity contribution in [2.75, 3.05) is 109 Å². The zero-order chi connectivity index (χ0) is 101. The highest BCUT2D eigenvalue weighted by molar-refractivity contribution is 7.92. The average molecular weight is 2020 g/mol. The van der Waals surface area contributed by atoms with Gasteiger partial charge in [-0.2, -0.15) is 0 Å². The third-order valence-electron chi connectivity index (χ3n) is 24.5. The number of piperazine rings is 2. The average Bonchev–Trinajstić information content (AvgIpc) is 1.69. The molecule has 39 heteroatoms. The number of aliphatic hydroxyl groups excluding tert-OH is 1. The highest BCUT2D eigenvalue weighted by atomic mass is 32.2. The molecule has 141 heavy (non-hydrogen) atoms. The first-order chi connectivity index (χ1) is 66.7. The number of likely N-dealkylation sites (N-methyl/N-ethyl adjacent to an activating group) is 2. The molecular weight excluding hydrogens is 1920 g/mol. The molecule has 2 aliphatic heterocycles. The molecular formula is C102H95F8N9O18S4. The number of allylic oxidation sites excluding steroid dienone is 1. The van der Waals surface area contributed by atoms with E-state index < -0.39 is 86.1 Å². The molecule has 0 bridgehead atoms. The van der Waals surface area contributed by atoms with Crippen LogP contribution in [0.3, 0.4) is 0 Å². The number of aliphatic hydroxyl groups is 1. The van der Waals surface area contributed by atoms with E-state index >= 15 is 0 Å². The van der Waals surface area contributed by atoms with Crippen molar-refractivity contribution in [2.24, 2.45) is 28.2 Å². The van der Waals surface area contributed by atoms with E-state index in [4.69, 9.17) is 18.9 Å². The Kier molecular flexibility index (Phi) is 29.6. The number of fused-ring (bicyclic) bond motifs is 4. The fraction of sp³-hybridized carbons (Fsp3) is 0.245. The molecule has 0 unspecified atom stereocenters. The number of nitrogens with zero attached hydrogens (tertiary/aromatic N) is 8. The first-order valence-electron chi connectivity index (χ1n) is 44.0. The van der Waals surface area contributed by atoms with E-state index in [1.165, 1.54) is 116 Å². The lowest BCUT2D eigenvalue weighted by Gasteiger charge is -2.32. The molecule has 2 saturated heterocycles. The second-order valence-corrected chi connectivity index (χ2v) is 42.9. The molecule has 2 N–H and O–H groups in total.